The van der Waals surface area contributed by atoms with E-state index in [1.165, 1.54) is 11.1 Å². The van der Waals surface area contributed by atoms with Gasteiger partial charge in [-0.15, -0.1) is 11.6 Å². The van der Waals surface area contributed by atoms with E-state index in [1.54, 1.807) is 0 Å². The fraction of sp³-hybridized carbons (Fsp3) is 0.600. The van der Waals surface area contributed by atoms with Gasteiger partial charge < -0.3 is 9.84 Å². The zero-order valence-electron chi connectivity index (χ0n) is 11.7. The van der Waals surface area contributed by atoms with Gasteiger partial charge in [0.1, 0.15) is 18.5 Å². The molecular weight excluding hydrogens is 248 g/mol. The molecule has 1 rings (SSSR count). The monoisotopic (exact) mass is 270 g/mol. The summed E-state index contributed by atoms with van der Waals surface area (Å²) in [6.07, 6.45) is 0.388. The van der Waals surface area contributed by atoms with Gasteiger partial charge in [0.2, 0.25) is 0 Å². The summed E-state index contributed by atoms with van der Waals surface area (Å²) in [5.74, 6) is 1.03. The van der Waals surface area contributed by atoms with Crippen LogP contribution >= 0.6 is 11.6 Å². The van der Waals surface area contributed by atoms with Gasteiger partial charge in [0.05, 0.1) is 5.88 Å². The van der Waals surface area contributed by atoms with E-state index in [2.05, 4.69) is 39.8 Å². The minimum Gasteiger partial charge on any atom is -0.491 e. The lowest BCUT2D eigenvalue weighted by Gasteiger charge is -2.24. The van der Waals surface area contributed by atoms with Crippen molar-refractivity contribution < 1.29 is 9.84 Å². The molecule has 0 fully saturated rings. The number of benzene rings is 1. The highest BCUT2D eigenvalue weighted by Gasteiger charge is 2.19. The Bertz CT molecular complexity index is 383. The molecule has 0 aliphatic heterocycles. The molecule has 102 valence electrons. The predicted molar refractivity (Wildman–Crippen MR) is 76.7 cm³/mol. The van der Waals surface area contributed by atoms with E-state index < -0.39 is 6.10 Å². The molecule has 0 heterocycles. The van der Waals surface area contributed by atoms with E-state index in [9.17, 15) is 5.11 Å². The number of rotatable bonds is 5. The third-order valence-electron chi connectivity index (χ3n) is 2.87. The fourth-order valence-corrected chi connectivity index (χ4v) is 1.83. The van der Waals surface area contributed by atoms with Gasteiger partial charge in [0.25, 0.3) is 0 Å². The molecule has 18 heavy (non-hydrogen) atoms. The largest absolute Gasteiger partial charge is 0.491 e. The minimum atomic E-state index is -0.620. The molecule has 1 aromatic rings. The first-order valence-corrected chi connectivity index (χ1v) is 6.92. The molecule has 0 aliphatic rings. The molecule has 1 atom stereocenters. The first-order chi connectivity index (χ1) is 8.38. The van der Waals surface area contributed by atoms with Crippen LogP contribution in [0.1, 0.15) is 38.8 Å². The van der Waals surface area contributed by atoms with Crippen molar-refractivity contribution in [1.29, 1.82) is 0 Å². The van der Waals surface area contributed by atoms with E-state index in [-0.39, 0.29) is 17.9 Å². The van der Waals surface area contributed by atoms with Crippen LogP contribution in [0.15, 0.2) is 18.2 Å². The Morgan fingerprint density at radius 3 is 2.50 bits per heavy atom. The minimum absolute atomic E-state index is 0.0203. The standard InChI is InChI=1S/C15H23ClO2/c1-5-11-6-7-14(18-10-12(17)9-16)13(8-11)15(2,3)4/h6-8,12,17H,5,9-10H2,1-4H3. The van der Waals surface area contributed by atoms with Crippen molar-refractivity contribution in [2.75, 3.05) is 12.5 Å². The molecule has 0 radical (unpaired) electrons. The third kappa shape index (κ3) is 4.18. The molecule has 0 aliphatic carbocycles. The average molecular weight is 271 g/mol. The van der Waals surface area contributed by atoms with E-state index in [0.29, 0.717) is 0 Å². The highest BCUT2D eigenvalue weighted by atomic mass is 35.5. The number of aliphatic hydroxyl groups is 1. The maximum atomic E-state index is 9.46. The van der Waals surface area contributed by atoms with Crippen LogP contribution in [0, 0.1) is 0 Å². The van der Waals surface area contributed by atoms with Crippen LogP contribution in [0.5, 0.6) is 5.75 Å². The van der Waals surface area contributed by atoms with Crippen LogP contribution in [0.4, 0.5) is 0 Å². The van der Waals surface area contributed by atoms with Gasteiger partial charge in [-0.3, -0.25) is 0 Å². The molecule has 2 nitrogen and oxygen atoms in total. The fourth-order valence-electron chi connectivity index (χ4n) is 1.74. The molecule has 0 amide bonds. The number of halogens is 1. The Morgan fingerprint density at radius 1 is 1.33 bits per heavy atom. The molecule has 3 heteroatoms. The molecule has 1 aromatic carbocycles. The second kappa shape index (κ2) is 6.44. The van der Waals surface area contributed by atoms with Crippen LogP contribution in [-0.4, -0.2) is 23.7 Å². The van der Waals surface area contributed by atoms with E-state index in [4.69, 9.17) is 16.3 Å². The first kappa shape index (κ1) is 15.3. The van der Waals surface area contributed by atoms with Crippen LogP contribution in [0.2, 0.25) is 0 Å². The summed E-state index contributed by atoms with van der Waals surface area (Å²) in [7, 11) is 0. The Balaban J connectivity index is 2.96. The lowest BCUT2D eigenvalue weighted by atomic mass is 9.85. The Kier molecular flexibility index (Phi) is 5.48. The maximum absolute atomic E-state index is 9.46. The topological polar surface area (TPSA) is 29.5 Å². The zero-order valence-corrected chi connectivity index (χ0v) is 12.4. The average Bonchev–Trinajstić information content (AvgIpc) is 2.34. The number of hydrogen-bond acceptors (Lipinski definition) is 2. The van der Waals surface area contributed by atoms with Gasteiger partial charge >= 0.3 is 0 Å². The Morgan fingerprint density at radius 2 is 2.00 bits per heavy atom. The molecule has 1 unspecified atom stereocenters. The van der Waals surface area contributed by atoms with Crippen molar-refractivity contribution in [3.63, 3.8) is 0 Å². The van der Waals surface area contributed by atoms with Crippen molar-refractivity contribution >= 4 is 11.6 Å². The summed E-state index contributed by atoms with van der Waals surface area (Å²) in [6.45, 7) is 8.85. The summed E-state index contributed by atoms with van der Waals surface area (Å²) < 4.78 is 5.68. The van der Waals surface area contributed by atoms with Crippen LogP contribution < -0.4 is 4.74 Å². The van der Waals surface area contributed by atoms with Crippen molar-refractivity contribution in [3.05, 3.63) is 29.3 Å². The Hall–Kier alpha value is -0.730. The lowest BCUT2D eigenvalue weighted by molar-refractivity contribution is 0.124. The van der Waals surface area contributed by atoms with Gasteiger partial charge in [-0.25, -0.2) is 0 Å². The van der Waals surface area contributed by atoms with E-state index in [1.807, 2.05) is 6.07 Å². The summed E-state index contributed by atoms with van der Waals surface area (Å²) >= 11 is 5.57. The summed E-state index contributed by atoms with van der Waals surface area (Å²) in [4.78, 5) is 0. The molecule has 0 saturated heterocycles. The number of aryl methyl sites for hydroxylation is 1. The van der Waals surface area contributed by atoms with Crippen LogP contribution in [0.25, 0.3) is 0 Å². The quantitative estimate of drug-likeness (QED) is 0.830. The third-order valence-corrected chi connectivity index (χ3v) is 3.23. The van der Waals surface area contributed by atoms with Gasteiger partial charge in [-0.05, 0) is 29.0 Å². The van der Waals surface area contributed by atoms with Crippen molar-refractivity contribution in [3.8, 4) is 5.75 Å². The second-order valence-electron chi connectivity index (χ2n) is 5.55. The highest BCUT2D eigenvalue weighted by Crippen LogP contribution is 2.32. The van der Waals surface area contributed by atoms with Crippen molar-refractivity contribution in [2.45, 2.75) is 45.6 Å². The summed E-state index contributed by atoms with van der Waals surface area (Å²) in [5, 5.41) is 9.46. The van der Waals surface area contributed by atoms with Crippen LogP contribution in [0.3, 0.4) is 0 Å². The Labute approximate surface area is 115 Å². The summed E-state index contributed by atoms with van der Waals surface area (Å²) in [5.41, 5.74) is 2.49. The van der Waals surface area contributed by atoms with Gasteiger partial charge in [0.15, 0.2) is 0 Å². The van der Waals surface area contributed by atoms with Gasteiger partial charge in [0, 0.05) is 0 Å². The molecule has 0 bridgehead atoms. The maximum Gasteiger partial charge on any atom is 0.123 e. The first-order valence-electron chi connectivity index (χ1n) is 6.38. The number of alkyl halides is 1. The molecule has 1 N–H and O–H groups in total. The smallest absolute Gasteiger partial charge is 0.123 e. The predicted octanol–water partition coefficient (Wildman–Crippen LogP) is 3.53. The number of hydrogen-bond donors (Lipinski definition) is 1. The normalized spacial score (nSPS) is 13.4. The molecule has 0 saturated carbocycles. The molecular formula is C15H23ClO2. The molecule has 0 aromatic heterocycles. The van der Waals surface area contributed by atoms with E-state index in [0.717, 1.165) is 12.2 Å². The highest BCUT2D eigenvalue weighted by molar-refractivity contribution is 6.18. The van der Waals surface area contributed by atoms with Gasteiger partial charge in [-0.1, -0.05) is 39.8 Å². The molecule has 0 spiro atoms. The van der Waals surface area contributed by atoms with E-state index >= 15 is 0 Å². The number of ether oxygens (including phenoxy) is 1. The summed E-state index contributed by atoms with van der Waals surface area (Å²) in [6, 6.07) is 6.24. The van der Waals surface area contributed by atoms with Crippen molar-refractivity contribution in [1.82, 2.24) is 0 Å². The SMILES string of the molecule is CCc1ccc(OCC(O)CCl)c(C(C)(C)C)c1. The van der Waals surface area contributed by atoms with Crippen molar-refractivity contribution in [2.24, 2.45) is 0 Å². The lowest BCUT2D eigenvalue weighted by Crippen LogP contribution is -2.21. The second-order valence-corrected chi connectivity index (χ2v) is 5.86. The number of aliphatic hydroxyl groups excluding tert-OH is 1. The van der Waals surface area contributed by atoms with Crippen LogP contribution in [-0.2, 0) is 11.8 Å². The zero-order chi connectivity index (χ0) is 13.8. The van der Waals surface area contributed by atoms with Gasteiger partial charge in [-0.2, -0.15) is 0 Å².